The molecule has 8 rings (SSSR count). The second-order valence-corrected chi connectivity index (χ2v) is 11.5. The maximum Gasteiger partial charge on any atom is 0.213 e. The van der Waals surface area contributed by atoms with E-state index in [4.69, 9.17) is 19.6 Å². The minimum absolute atomic E-state index is 0.209. The van der Waals surface area contributed by atoms with Crippen LogP contribution in [0.3, 0.4) is 0 Å². The second-order valence-electron chi connectivity index (χ2n) is 11.5. The van der Waals surface area contributed by atoms with Gasteiger partial charge in [0.1, 0.15) is 6.61 Å². The molecule has 1 aromatic heterocycles. The molecule has 3 heterocycles. The molecule has 0 unspecified atom stereocenters. The Morgan fingerprint density at radius 1 is 0.696 bits per heavy atom. The quantitative estimate of drug-likeness (QED) is 0.175. The number of methoxy groups -OCH3 is 1. The van der Waals surface area contributed by atoms with Crippen LogP contribution < -0.4 is 19.3 Å². The minimum Gasteiger partial charge on any atom is -0.493 e. The first-order chi connectivity index (χ1) is 22.7. The van der Waals surface area contributed by atoms with E-state index in [-0.39, 0.29) is 6.04 Å². The molecule has 0 saturated carbocycles. The van der Waals surface area contributed by atoms with Gasteiger partial charge < -0.3 is 14.4 Å². The van der Waals surface area contributed by atoms with Crippen LogP contribution in [0.2, 0.25) is 0 Å². The van der Waals surface area contributed by atoms with E-state index in [2.05, 4.69) is 108 Å². The van der Waals surface area contributed by atoms with E-state index in [9.17, 15) is 0 Å². The highest BCUT2D eigenvalue weighted by molar-refractivity contribution is 6.18. The van der Waals surface area contributed by atoms with Gasteiger partial charge in [-0.25, -0.2) is 4.68 Å². The largest absolute Gasteiger partial charge is 0.493 e. The Hall–Kier alpha value is -5.82. The number of hydrogen-bond donors (Lipinski definition) is 0. The average Bonchev–Trinajstić information content (AvgIpc) is 3.61. The number of para-hydroxylation sites is 3. The van der Waals surface area contributed by atoms with Gasteiger partial charge in [0.05, 0.1) is 42.5 Å². The van der Waals surface area contributed by atoms with Crippen LogP contribution in [0.4, 0.5) is 17.2 Å². The molecule has 0 amide bonds. The molecule has 226 valence electrons. The van der Waals surface area contributed by atoms with E-state index in [0.29, 0.717) is 24.7 Å². The Kier molecular flexibility index (Phi) is 6.99. The normalized spacial score (nSPS) is 14.7. The van der Waals surface area contributed by atoms with Gasteiger partial charge in [-0.3, -0.25) is 4.90 Å². The summed E-state index contributed by atoms with van der Waals surface area (Å²) in [4.78, 5) is 10.1. The molecule has 7 heteroatoms. The van der Waals surface area contributed by atoms with E-state index >= 15 is 0 Å². The molecule has 5 aromatic carbocycles. The number of benzene rings is 5. The summed E-state index contributed by atoms with van der Waals surface area (Å²) in [7, 11) is 1.69. The molecule has 0 saturated heterocycles. The van der Waals surface area contributed by atoms with Gasteiger partial charge in [0, 0.05) is 5.56 Å². The molecule has 2 aliphatic heterocycles. The molecule has 1 atom stereocenters. The van der Waals surface area contributed by atoms with Crippen LogP contribution in [-0.2, 0) is 13.2 Å². The Labute approximate surface area is 268 Å². The lowest BCUT2D eigenvalue weighted by Crippen LogP contribution is -2.42. The summed E-state index contributed by atoms with van der Waals surface area (Å²) in [6, 6.07) is 45.5. The molecule has 0 spiro atoms. The molecule has 2 aliphatic rings. The number of ether oxygens (including phenoxy) is 2. The predicted molar refractivity (Wildman–Crippen MR) is 183 cm³/mol. The Morgan fingerprint density at radius 3 is 2.07 bits per heavy atom. The molecule has 0 radical (unpaired) electrons. The Balaban J connectivity index is 1.28. The zero-order valence-electron chi connectivity index (χ0n) is 25.7. The maximum atomic E-state index is 6.25. The van der Waals surface area contributed by atoms with E-state index in [1.807, 2.05) is 47.1 Å². The van der Waals surface area contributed by atoms with Crippen LogP contribution in [0.1, 0.15) is 34.0 Å². The van der Waals surface area contributed by atoms with Crippen LogP contribution in [-0.4, -0.2) is 22.8 Å². The molecular weight excluding hydrogens is 570 g/mol. The van der Waals surface area contributed by atoms with Crippen molar-refractivity contribution in [2.75, 3.05) is 16.9 Å². The third-order valence-electron chi connectivity index (χ3n) is 8.63. The summed E-state index contributed by atoms with van der Waals surface area (Å²) >= 11 is 0. The van der Waals surface area contributed by atoms with Crippen molar-refractivity contribution >= 4 is 23.2 Å². The van der Waals surface area contributed by atoms with Crippen molar-refractivity contribution in [1.29, 1.82) is 0 Å². The fourth-order valence-corrected chi connectivity index (χ4v) is 6.48. The standard InChI is InChI=1S/C39H33N5O2/c1-27-36-37(30-22-23-34(35(24-30)45-2)46-26-29-16-8-4-9-17-29)43-33-21-13-12-20-32(33)42(25-28-14-6-3-7-15-28)39(43)40-38(36)44(41-27)31-18-10-5-11-19-31/h3-24,37H,25-26H2,1-2H3/t37-/m0/s1. The lowest BCUT2D eigenvalue weighted by Gasteiger charge is -2.35. The van der Waals surface area contributed by atoms with E-state index in [1.54, 1.807) is 7.11 Å². The molecule has 6 aromatic rings. The summed E-state index contributed by atoms with van der Waals surface area (Å²) < 4.78 is 14.2. The lowest BCUT2D eigenvalue weighted by molar-refractivity contribution is 0.284. The molecule has 0 aliphatic carbocycles. The van der Waals surface area contributed by atoms with Gasteiger partial charge in [-0.15, -0.1) is 0 Å². The van der Waals surface area contributed by atoms with Crippen molar-refractivity contribution in [3.8, 4) is 17.2 Å². The Morgan fingerprint density at radius 2 is 1.35 bits per heavy atom. The maximum absolute atomic E-state index is 6.25. The van der Waals surface area contributed by atoms with Crippen molar-refractivity contribution in [2.24, 2.45) is 4.99 Å². The molecule has 0 N–H and O–H groups in total. The number of nitrogens with zero attached hydrogens (tertiary/aromatic N) is 5. The third kappa shape index (κ3) is 4.77. The third-order valence-corrected chi connectivity index (χ3v) is 8.63. The second kappa shape index (κ2) is 11.6. The topological polar surface area (TPSA) is 55.1 Å². The minimum atomic E-state index is -0.209. The van der Waals surface area contributed by atoms with Gasteiger partial charge >= 0.3 is 0 Å². The van der Waals surface area contributed by atoms with Crippen LogP contribution >= 0.6 is 0 Å². The SMILES string of the molecule is COc1cc([C@H]2c3c(C)nn(-c4ccccc4)c3N=C3N(Cc4ccccc4)c4ccccc4N32)ccc1OCc1ccccc1. The number of guanidine groups is 1. The summed E-state index contributed by atoms with van der Waals surface area (Å²) in [5, 5.41) is 5.06. The summed E-state index contributed by atoms with van der Waals surface area (Å²) in [6.07, 6.45) is 0. The van der Waals surface area contributed by atoms with Crippen molar-refractivity contribution in [2.45, 2.75) is 26.1 Å². The average molecular weight is 604 g/mol. The first-order valence-electron chi connectivity index (χ1n) is 15.5. The number of anilines is 2. The predicted octanol–water partition coefficient (Wildman–Crippen LogP) is 8.39. The van der Waals surface area contributed by atoms with Gasteiger partial charge in [-0.05, 0) is 60.0 Å². The first-order valence-corrected chi connectivity index (χ1v) is 15.5. The van der Waals surface area contributed by atoms with Crippen molar-refractivity contribution in [1.82, 2.24) is 9.78 Å². The monoisotopic (exact) mass is 603 g/mol. The van der Waals surface area contributed by atoms with Crippen LogP contribution in [0, 0.1) is 6.92 Å². The smallest absolute Gasteiger partial charge is 0.213 e. The summed E-state index contributed by atoms with van der Waals surface area (Å²) in [5.74, 6) is 3.07. The number of fused-ring (bicyclic) bond motifs is 4. The fraction of sp³-hybridized carbons (Fsp3) is 0.128. The highest BCUT2D eigenvalue weighted by Gasteiger charge is 2.44. The Bertz CT molecular complexity index is 2040. The molecule has 0 fully saturated rings. The highest BCUT2D eigenvalue weighted by atomic mass is 16.5. The van der Waals surface area contributed by atoms with Crippen molar-refractivity contribution in [3.63, 3.8) is 0 Å². The first kappa shape index (κ1) is 27.7. The van der Waals surface area contributed by atoms with Gasteiger partial charge in [0.25, 0.3) is 0 Å². The number of hydrogen-bond acceptors (Lipinski definition) is 6. The number of aromatic nitrogens is 2. The van der Waals surface area contributed by atoms with E-state index < -0.39 is 0 Å². The summed E-state index contributed by atoms with van der Waals surface area (Å²) in [5.41, 5.74) is 8.54. The molecule has 46 heavy (non-hydrogen) atoms. The van der Waals surface area contributed by atoms with Gasteiger partial charge in [-0.2, -0.15) is 10.1 Å². The van der Waals surface area contributed by atoms with E-state index in [0.717, 1.165) is 51.2 Å². The number of rotatable bonds is 8. The molecule has 7 nitrogen and oxygen atoms in total. The van der Waals surface area contributed by atoms with Crippen molar-refractivity contribution in [3.05, 3.63) is 161 Å². The van der Waals surface area contributed by atoms with Crippen LogP contribution in [0.5, 0.6) is 11.5 Å². The zero-order chi connectivity index (χ0) is 31.0. The number of aliphatic imine (C=N–C) groups is 1. The number of aryl methyl sites for hydroxylation is 1. The van der Waals surface area contributed by atoms with Gasteiger partial charge in [-0.1, -0.05) is 97.1 Å². The zero-order valence-corrected chi connectivity index (χ0v) is 25.7. The van der Waals surface area contributed by atoms with Crippen molar-refractivity contribution < 1.29 is 9.47 Å². The highest BCUT2D eigenvalue weighted by Crippen LogP contribution is 2.51. The van der Waals surface area contributed by atoms with Gasteiger partial charge in [0.2, 0.25) is 5.96 Å². The molecular formula is C39H33N5O2. The molecule has 0 bridgehead atoms. The van der Waals surface area contributed by atoms with Gasteiger partial charge in [0.15, 0.2) is 17.3 Å². The van der Waals surface area contributed by atoms with Crippen LogP contribution in [0.15, 0.2) is 138 Å². The fourth-order valence-electron chi connectivity index (χ4n) is 6.48. The summed E-state index contributed by atoms with van der Waals surface area (Å²) in [6.45, 7) is 3.21. The lowest BCUT2D eigenvalue weighted by atomic mass is 9.95. The van der Waals surface area contributed by atoms with E-state index in [1.165, 1.54) is 5.56 Å². The van der Waals surface area contributed by atoms with Crippen LogP contribution in [0.25, 0.3) is 5.69 Å².